The number of halogens is 1. The molecule has 1 aromatic carbocycles. The summed E-state index contributed by atoms with van der Waals surface area (Å²) in [4.78, 5) is 22.5. The molecule has 0 spiro atoms. The van der Waals surface area contributed by atoms with E-state index in [2.05, 4.69) is 5.32 Å². The van der Waals surface area contributed by atoms with E-state index in [4.69, 9.17) is 16.7 Å². The van der Waals surface area contributed by atoms with Gasteiger partial charge in [0, 0.05) is 27.1 Å². The van der Waals surface area contributed by atoms with E-state index in [-0.39, 0.29) is 21.9 Å². The van der Waals surface area contributed by atoms with Gasteiger partial charge in [0.05, 0.1) is 15.5 Å². The first-order chi connectivity index (χ1) is 11.2. The summed E-state index contributed by atoms with van der Waals surface area (Å²) < 4.78 is 25.3. The Labute approximate surface area is 146 Å². The largest absolute Gasteiger partial charge is 0.481 e. The molecular formula is C15H21ClN2O5S. The summed E-state index contributed by atoms with van der Waals surface area (Å²) in [6.07, 6.45) is 1.95. The van der Waals surface area contributed by atoms with E-state index in [9.17, 15) is 18.0 Å². The third-order valence-corrected chi connectivity index (χ3v) is 5.45. The molecule has 0 fully saturated rings. The van der Waals surface area contributed by atoms with E-state index in [1.165, 1.54) is 32.3 Å². The van der Waals surface area contributed by atoms with Gasteiger partial charge in [-0.25, -0.2) is 12.7 Å². The highest BCUT2D eigenvalue weighted by Crippen LogP contribution is 2.22. The number of benzene rings is 1. The molecule has 9 heteroatoms. The molecule has 2 N–H and O–H groups in total. The number of amides is 1. The van der Waals surface area contributed by atoms with Crippen molar-refractivity contribution in [3.8, 4) is 0 Å². The number of nitrogens with one attached hydrogen (secondary N) is 1. The second-order valence-electron chi connectivity index (χ2n) is 5.39. The lowest BCUT2D eigenvalue weighted by atomic mass is 10.2. The minimum Gasteiger partial charge on any atom is -0.481 e. The minimum atomic E-state index is -3.65. The number of aliphatic carboxylic acids is 1. The lowest BCUT2D eigenvalue weighted by Crippen LogP contribution is -2.26. The van der Waals surface area contributed by atoms with Gasteiger partial charge in [-0.1, -0.05) is 18.0 Å². The van der Waals surface area contributed by atoms with E-state index in [0.29, 0.717) is 25.8 Å². The Bertz CT molecular complexity index is 704. The van der Waals surface area contributed by atoms with E-state index in [1.54, 1.807) is 0 Å². The van der Waals surface area contributed by atoms with Crippen LogP contribution in [0.5, 0.6) is 0 Å². The van der Waals surface area contributed by atoms with E-state index >= 15 is 0 Å². The third kappa shape index (κ3) is 5.77. The highest BCUT2D eigenvalue weighted by atomic mass is 35.5. The highest BCUT2D eigenvalue weighted by Gasteiger charge is 2.20. The summed E-state index contributed by atoms with van der Waals surface area (Å²) in [5.41, 5.74) is 0.0881. The predicted molar refractivity (Wildman–Crippen MR) is 90.8 cm³/mol. The molecule has 0 heterocycles. The number of sulfonamides is 1. The van der Waals surface area contributed by atoms with Crippen LogP contribution < -0.4 is 5.32 Å². The Morgan fingerprint density at radius 2 is 1.88 bits per heavy atom. The zero-order chi connectivity index (χ0) is 18.3. The van der Waals surface area contributed by atoms with E-state index in [1.807, 2.05) is 0 Å². The molecule has 0 aromatic heterocycles. The van der Waals surface area contributed by atoms with Crippen molar-refractivity contribution in [1.29, 1.82) is 0 Å². The molecule has 1 amide bonds. The first-order valence-electron chi connectivity index (χ1n) is 7.38. The number of hydrogen-bond acceptors (Lipinski definition) is 4. The van der Waals surface area contributed by atoms with Crippen molar-refractivity contribution < 1.29 is 23.1 Å². The minimum absolute atomic E-state index is 0.0106. The van der Waals surface area contributed by atoms with Crippen LogP contribution in [0.2, 0.25) is 5.02 Å². The van der Waals surface area contributed by atoms with E-state index in [0.717, 1.165) is 4.31 Å². The number of nitrogens with zero attached hydrogens (tertiary/aromatic N) is 1. The van der Waals surface area contributed by atoms with Crippen LogP contribution >= 0.6 is 11.6 Å². The molecule has 1 rings (SSSR count). The Kier molecular flexibility index (Phi) is 7.65. The molecule has 0 aliphatic rings. The van der Waals surface area contributed by atoms with Crippen LogP contribution in [0, 0.1) is 0 Å². The summed E-state index contributed by atoms with van der Waals surface area (Å²) in [6, 6.07) is 3.97. The molecule has 0 atom stereocenters. The molecule has 0 aliphatic heterocycles. The van der Waals surface area contributed by atoms with Crippen LogP contribution in [-0.4, -0.2) is 50.3 Å². The van der Waals surface area contributed by atoms with Crippen molar-refractivity contribution in [2.45, 2.75) is 30.6 Å². The van der Waals surface area contributed by atoms with Gasteiger partial charge >= 0.3 is 5.97 Å². The second kappa shape index (κ2) is 9.00. The van der Waals surface area contributed by atoms with Crippen LogP contribution in [0.4, 0.5) is 0 Å². The summed E-state index contributed by atoms with van der Waals surface area (Å²) in [5, 5.41) is 11.4. The quantitative estimate of drug-likeness (QED) is 0.641. The van der Waals surface area contributed by atoms with Gasteiger partial charge in [-0.2, -0.15) is 0 Å². The molecule has 134 valence electrons. The van der Waals surface area contributed by atoms with Gasteiger partial charge in [0.1, 0.15) is 0 Å². The van der Waals surface area contributed by atoms with Crippen molar-refractivity contribution in [2.24, 2.45) is 0 Å². The fourth-order valence-electron chi connectivity index (χ4n) is 1.92. The maximum absolute atomic E-state index is 12.2. The monoisotopic (exact) mass is 376 g/mol. The SMILES string of the molecule is CN(C)S(=O)(=O)c1ccc(Cl)c(C(=O)NCCCCCC(=O)O)c1. The maximum atomic E-state index is 12.2. The van der Waals surface area contributed by atoms with Crippen LogP contribution in [-0.2, 0) is 14.8 Å². The number of hydrogen-bond donors (Lipinski definition) is 2. The van der Waals surface area contributed by atoms with Crippen molar-refractivity contribution in [3.63, 3.8) is 0 Å². The van der Waals surface area contributed by atoms with Gasteiger partial charge in [0.15, 0.2) is 0 Å². The third-order valence-electron chi connectivity index (χ3n) is 3.31. The molecular weight excluding hydrogens is 356 g/mol. The number of rotatable bonds is 9. The molecule has 0 bridgehead atoms. The lowest BCUT2D eigenvalue weighted by Gasteiger charge is -2.13. The van der Waals surface area contributed by atoms with Gasteiger partial charge in [-0.05, 0) is 31.0 Å². The Hall–Kier alpha value is -1.64. The first-order valence-corrected chi connectivity index (χ1v) is 9.20. The first kappa shape index (κ1) is 20.4. The molecule has 0 aliphatic carbocycles. The molecule has 1 aromatic rings. The molecule has 0 unspecified atom stereocenters. The number of carboxylic acids is 1. The molecule has 0 saturated heterocycles. The average Bonchev–Trinajstić information content (AvgIpc) is 2.50. The van der Waals surface area contributed by atoms with Crippen molar-refractivity contribution in [1.82, 2.24) is 9.62 Å². The fourth-order valence-corrected chi connectivity index (χ4v) is 3.06. The molecule has 24 heavy (non-hydrogen) atoms. The second-order valence-corrected chi connectivity index (χ2v) is 7.95. The Balaban J connectivity index is 2.69. The normalized spacial score (nSPS) is 11.5. The van der Waals surface area contributed by atoms with Gasteiger partial charge in [0.2, 0.25) is 10.0 Å². The highest BCUT2D eigenvalue weighted by molar-refractivity contribution is 7.89. The summed E-state index contributed by atoms with van der Waals surface area (Å²) in [5.74, 6) is -1.31. The standard InChI is InChI=1S/C15H21ClN2O5S/c1-18(2)24(22,23)11-7-8-13(16)12(10-11)15(21)17-9-5-3-4-6-14(19)20/h7-8,10H,3-6,9H2,1-2H3,(H,17,21)(H,19,20). The topological polar surface area (TPSA) is 104 Å². The molecule has 7 nitrogen and oxygen atoms in total. The Morgan fingerprint density at radius 3 is 2.46 bits per heavy atom. The summed E-state index contributed by atoms with van der Waals surface area (Å²) in [7, 11) is -0.844. The van der Waals surface area contributed by atoms with Crippen molar-refractivity contribution >= 4 is 33.5 Å². The van der Waals surface area contributed by atoms with Gasteiger partial charge in [-0.3, -0.25) is 9.59 Å². The van der Waals surface area contributed by atoms with Gasteiger partial charge in [0.25, 0.3) is 5.91 Å². The fraction of sp³-hybridized carbons (Fsp3) is 0.467. The summed E-state index contributed by atoms with van der Waals surface area (Å²) >= 11 is 5.98. The van der Waals surface area contributed by atoms with Crippen molar-refractivity contribution in [3.05, 3.63) is 28.8 Å². The van der Waals surface area contributed by atoms with Crippen molar-refractivity contribution in [2.75, 3.05) is 20.6 Å². The zero-order valence-electron chi connectivity index (χ0n) is 13.6. The summed E-state index contributed by atoms with van der Waals surface area (Å²) in [6.45, 7) is 0.361. The molecule has 0 saturated carbocycles. The lowest BCUT2D eigenvalue weighted by molar-refractivity contribution is -0.137. The number of unbranched alkanes of at least 4 members (excludes halogenated alkanes) is 2. The zero-order valence-corrected chi connectivity index (χ0v) is 15.2. The number of carbonyl (C=O) groups is 2. The van der Waals surface area contributed by atoms with Gasteiger partial charge < -0.3 is 10.4 Å². The molecule has 0 radical (unpaired) electrons. The number of carboxylic acid groups (broad SMARTS) is 1. The van der Waals surface area contributed by atoms with Gasteiger partial charge in [-0.15, -0.1) is 0 Å². The smallest absolute Gasteiger partial charge is 0.303 e. The van der Waals surface area contributed by atoms with Crippen LogP contribution in [0.1, 0.15) is 36.0 Å². The maximum Gasteiger partial charge on any atom is 0.303 e. The van der Waals surface area contributed by atoms with Crippen LogP contribution in [0.3, 0.4) is 0 Å². The van der Waals surface area contributed by atoms with Crippen LogP contribution in [0.15, 0.2) is 23.1 Å². The van der Waals surface area contributed by atoms with E-state index < -0.39 is 21.9 Å². The van der Waals surface area contributed by atoms with Crippen LogP contribution in [0.25, 0.3) is 0 Å². The Morgan fingerprint density at radius 1 is 1.21 bits per heavy atom. The predicted octanol–water partition coefficient (Wildman–Crippen LogP) is 1.97. The average molecular weight is 377 g/mol. The number of carbonyl (C=O) groups excluding carboxylic acids is 1.